The molecule has 1 aliphatic rings. The van der Waals surface area contributed by atoms with Crippen molar-refractivity contribution in [3.8, 4) is 0 Å². The molecule has 1 aliphatic carbocycles. The van der Waals surface area contributed by atoms with Crippen LogP contribution in [0, 0.1) is 32.6 Å². The van der Waals surface area contributed by atoms with E-state index in [-0.39, 0.29) is 5.92 Å². The van der Waals surface area contributed by atoms with E-state index in [0.29, 0.717) is 12.8 Å². The summed E-state index contributed by atoms with van der Waals surface area (Å²) in [7, 11) is 0. The first-order valence-corrected chi connectivity index (χ1v) is 7.05. The number of aliphatic hydroxyl groups is 1. The Morgan fingerprint density at radius 3 is 2.25 bits per heavy atom. The molecule has 2 rings (SSSR count). The van der Waals surface area contributed by atoms with Gasteiger partial charge in [-0.3, -0.25) is 4.79 Å². The van der Waals surface area contributed by atoms with Crippen LogP contribution in [0.25, 0.3) is 0 Å². The molecule has 0 spiro atoms. The minimum absolute atomic E-state index is 0.252. The number of hydrogen-bond acceptors (Lipinski definition) is 2. The van der Waals surface area contributed by atoms with Gasteiger partial charge in [0.05, 0.1) is 12.0 Å². The van der Waals surface area contributed by atoms with Crippen LogP contribution in [0.1, 0.15) is 41.2 Å². The Hall–Kier alpha value is -1.61. The van der Waals surface area contributed by atoms with Gasteiger partial charge < -0.3 is 10.2 Å². The second-order valence-corrected chi connectivity index (χ2v) is 5.81. The molecule has 2 N–H and O–H groups in total. The van der Waals surface area contributed by atoms with Gasteiger partial charge in [-0.2, -0.15) is 0 Å². The molecule has 0 aromatic heterocycles. The van der Waals surface area contributed by atoms with Gasteiger partial charge in [0, 0.05) is 5.92 Å². The van der Waals surface area contributed by atoms with Gasteiger partial charge in [-0.25, -0.2) is 0 Å². The predicted octanol–water partition coefficient (Wildman–Crippen LogP) is 3.31. The lowest BCUT2D eigenvalue weighted by Gasteiger charge is -2.31. The summed E-state index contributed by atoms with van der Waals surface area (Å²) in [5.41, 5.74) is 4.12. The van der Waals surface area contributed by atoms with Crippen LogP contribution in [-0.4, -0.2) is 16.2 Å². The van der Waals surface area contributed by atoms with Gasteiger partial charge >= 0.3 is 5.97 Å². The Balaban J connectivity index is 2.37. The highest BCUT2D eigenvalue weighted by Gasteiger charge is 2.35. The van der Waals surface area contributed by atoms with E-state index >= 15 is 0 Å². The maximum atomic E-state index is 11.4. The largest absolute Gasteiger partial charge is 0.481 e. The van der Waals surface area contributed by atoms with Crippen LogP contribution < -0.4 is 0 Å². The smallest absolute Gasteiger partial charge is 0.307 e. The molecule has 1 aromatic rings. The quantitative estimate of drug-likeness (QED) is 0.831. The first-order valence-electron chi connectivity index (χ1n) is 7.05. The molecule has 0 saturated carbocycles. The van der Waals surface area contributed by atoms with Crippen LogP contribution in [-0.2, 0) is 4.79 Å². The maximum Gasteiger partial charge on any atom is 0.307 e. The molecule has 0 bridgehead atoms. The lowest BCUT2D eigenvalue weighted by atomic mass is 9.76. The van der Waals surface area contributed by atoms with E-state index in [1.807, 2.05) is 45.1 Å². The Kier molecular flexibility index (Phi) is 4.29. The summed E-state index contributed by atoms with van der Waals surface area (Å²) in [5.74, 6) is -1.58. The number of aliphatic carboxylic acids is 1. The molecule has 108 valence electrons. The van der Waals surface area contributed by atoms with Gasteiger partial charge in [-0.05, 0) is 50.3 Å². The second kappa shape index (κ2) is 5.80. The topological polar surface area (TPSA) is 57.5 Å². The number of carbonyl (C=O) groups is 1. The lowest BCUT2D eigenvalue weighted by Crippen LogP contribution is -2.30. The third kappa shape index (κ3) is 2.78. The number of aryl methyl sites for hydroxylation is 3. The standard InChI is InChI=1S/C17H22O3/c1-10-8-11(2)15(12(3)9-10)16(18)13-6-4-5-7-14(13)17(19)20/h4-5,8-9,13-14,16,18H,6-7H2,1-3H3,(H,19,20). The van der Waals surface area contributed by atoms with E-state index in [1.54, 1.807) is 0 Å². The molecular weight excluding hydrogens is 252 g/mol. The average molecular weight is 274 g/mol. The fraction of sp³-hybridized carbons (Fsp3) is 0.471. The Morgan fingerprint density at radius 2 is 1.70 bits per heavy atom. The van der Waals surface area contributed by atoms with Gasteiger partial charge in [0.25, 0.3) is 0 Å². The summed E-state index contributed by atoms with van der Waals surface area (Å²) in [6.45, 7) is 5.99. The Bertz CT molecular complexity index is 522. The molecule has 3 heteroatoms. The zero-order chi connectivity index (χ0) is 14.9. The van der Waals surface area contributed by atoms with Crippen molar-refractivity contribution < 1.29 is 15.0 Å². The molecule has 0 saturated heterocycles. The number of carboxylic acids is 1. The highest BCUT2D eigenvalue weighted by atomic mass is 16.4. The lowest BCUT2D eigenvalue weighted by molar-refractivity contribution is -0.145. The third-order valence-corrected chi connectivity index (χ3v) is 4.24. The van der Waals surface area contributed by atoms with Gasteiger partial charge in [-0.15, -0.1) is 0 Å². The average Bonchev–Trinajstić information content (AvgIpc) is 2.37. The van der Waals surface area contributed by atoms with Gasteiger partial charge in [0.15, 0.2) is 0 Å². The highest BCUT2D eigenvalue weighted by molar-refractivity contribution is 5.71. The van der Waals surface area contributed by atoms with Crippen molar-refractivity contribution in [2.45, 2.75) is 39.7 Å². The Morgan fingerprint density at radius 1 is 1.15 bits per heavy atom. The molecular formula is C17H22O3. The fourth-order valence-corrected chi connectivity index (χ4v) is 3.34. The summed E-state index contributed by atoms with van der Waals surface area (Å²) in [5, 5.41) is 20.1. The highest BCUT2D eigenvalue weighted by Crippen LogP contribution is 2.38. The van der Waals surface area contributed by atoms with Crippen molar-refractivity contribution in [3.05, 3.63) is 46.5 Å². The summed E-state index contributed by atoms with van der Waals surface area (Å²) >= 11 is 0. The molecule has 3 atom stereocenters. The fourth-order valence-electron chi connectivity index (χ4n) is 3.34. The zero-order valence-electron chi connectivity index (χ0n) is 12.3. The van der Waals surface area contributed by atoms with Crippen molar-refractivity contribution in [2.75, 3.05) is 0 Å². The zero-order valence-corrected chi connectivity index (χ0v) is 12.3. The summed E-state index contributed by atoms with van der Waals surface area (Å²) in [6.07, 6.45) is 4.27. The van der Waals surface area contributed by atoms with E-state index in [0.717, 1.165) is 22.3 Å². The van der Waals surface area contributed by atoms with E-state index < -0.39 is 18.0 Å². The molecule has 3 unspecified atom stereocenters. The van der Waals surface area contributed by atoms with Crippen LogP contribution >= 0.6 is 0 Å². The number of hydrogen-bond donors (Lipinski definition) is 2. The number of aliphatic hydroxyl groups excluding tert-OH is 1. The third-order valence-electron chi connectivity index (χ3n) is 4.24. The van der Waals surface area contributed by atoms with E-state index in [4.69, 9.17) is 0 Å². The SMILES string of the molecule is Cc1cc(C)c(C(O)C2CC=CCC2C(=O)O)c(C)c1. The first kappa shape index (κ1) is 14.8. The van der Waals surface area contributed by atoms with Crippen LogP contribution in [0.15, 0.2) is 24.3 Å². The molecule has 3 nitrogen and oxygen atoms in total. The van der Waals surface area contributed by atoms with Crippen LogP contribution in [0.2, 0.25) is 0 Å². The summed E-state index contributed by atoms with van der Waals surface area (Å²) < 4.78 is 0. The van der Waals surface area contributed by atoms with Crippen molar-refractivity contribution in [3.63, 3.8) is 0 Å². The minimum Gasteiger partial charge on any atom is -0.481 e. The monoisotopic (exact) mass is 274 g/mol. The van der Waals surface area contributed by atoms with Crippen LogP contribution in [0.3, 0.4) is 0 Å². The molecule has 1 aromatic carbocycles. The van der Waals surface area contributed by atoms with Crippen molar-refractivity contribution in [1.82, 2.24) is 0 Å². The molecule has 0 radical (unpaired) electrons. The van der Waals surface area contributed by atoms with Crippen molar-refractivity contribution in [2.24, 2.45) is 11.8 Å². The first-order chi connectivity index (χ1) is 9.41. The summed E-state index contributed by atoms with van der Waals surface area (Å²) in [6, 6.07) is 4.08. The van der Waals surface area contributed by atoms with Crippen molar-refractivity contribution in [1.29, 1.82) is 0 Å². The van der Waals surface area contributed by atoms with E-state index in [1.165, 1.54) is 0 Å². The minimum atomic E-state index is -0.819. The van der Waals surface area contributed by atoms with E-state index in [9.17, 15) is 15.0 Å². The van der Waals surface area contributed by atoms with Crippen LogP contribution in [0.4, 0.5) is 0 Å². The molecule has 20 heavy (non-hydrogen) atoms. The number of benzene rings is 1. The summed E-state index contributed by atoms with van der Waals surface area (Å²) in [4.78, 5) is 11.4. The molecule has 0 fully saturated rings. The van der Waals surface area contributed by atoms with Crippen molar-refractivity contribution >= 4 is 5.97 Å². The maximum absolute atomic E-state index is 11.4. The van der Waals surface area contributed by atoms with Gasteiger partial charge in [0.2, 0.25) is 0 Å². The normalized spacial score (nSPS) is 23.6. The van der Waals surface area contributed by atoms with E-state index in [2.05, 4.69) is 0 Å². The van der Waals surface area contributed by atoms with Gasteiger partial charge in [-0.1, -0.05) is 29.8 Å². The second-order valence-electron chi connectivity index (χ2n) is 5.81. The molecule has 0 aliphatic heterocycles. The number of carboxylic acid groups (broad SMARTS) is 1. The van der Waals surface area contributed by atoms with Gasteiger partial charge in [0.1, 0.15) is 0 Å². The van der Waals surface area contributed by atoms with Crippen LogP contribution in [0.5, 0.6) is 0 Å². The molecule has 0 amide bonds. The number of allylic oxidation sites excluding steroid dienone is 2. The Labute approximate surface area is 120 Å². The number of rotatable bonds is 3. The molecule has 0 heterocycles. The predicted molar refractivity (Wildman–Crippen MR) is 78.6 cm³/mol.